The Hall–Kier alpha value is -2.37. The van der Waals surface area contributed by atoms with Crippen LogP contribution in [0.25, 0.3) is 11.3 Å². The molecule has 0 fully saturated rings. The molecule has 2 aromatic rings. The Morgan fingerprint density at radius 2 is 2.12 bits per heavy atom. The second-order valence-electron chi connectivity index (χ2n) is 3.51. The number of benzene rings is 1. The summed E-state index contributed by atoms with van der Waals surface area (Å²) < 4.78 is 14.7. The van der Waals surface area contributed by atoms with Gasteiger partial charge in [0.05, 0.1) is 5.69 Å². The lowest BCUT2D eigenvalue weighted by atomic mass is 10.1. The van der Waals surface area contributed by atoms with Crippen LogP contribution in [0.2, 0.25) is 0 Å². The molecule has 1 heterocycles. The number of aromatic hydroxyl groups is 1. The van der Waals surface area contributed by atoms with Crippen LogP contribution < -0.4 is 0 Å². The summed E-state index contributed by atoms with van der Waals surface area (Å²) in [6.07, 6.45) is 0. The van der Waals surface area contributed by atoms with E-state index in [9.17, 15) is 9.18 Å². The third kappa shape index (κ3) is 1.96. The van der Waals surface area contributed by atoms with Crippen LogP contribution in [0, 0.1) is 5.82 Å². The van der Waals surface area contributed by atoms with E-state index in [1.54, 1.807) is 0 Å². The number of phenols is 1. The number of hydrogen-bond acceptors (Lipinski definition) is 3. The summed E-state index contributed by atoms with van der Waals surface area (Å²) in [5.74, 6) is -1.98. The maximum atomic E-state index is 13.5. The van der Waals surface area contributed by atoms with Gasteiger partial charge in [-0.25, -0.2) is 9.18 Å². The van der Waals surface area contributed by atoms with Gasteiger partial charge in [-0.05, 0) is 18.2 Å². The molecule has 0 spiro atoms. The molecule has 2 N–H and O–H groups in total. The molecule has 0 aliphatic carbocycles. The molecule has 0 amide bonds. The average Bonchev–Trinajstić information content (AvgIpc) is 2.60. The SMILES string of the molecule is Cn1nc(-c2ccc(O)cc2F)cc1C(=O)O. The van der Waals surface area contributed by atoms with Gasteiger partial charge in [-0.2, -0.15) is 5.10 Å². The fourth-order valence-electron chi connectivity index (χ4n) is 1.51. The molecule has 88 valence electrons. The van der Waals surface area contributed by atoms with Crippen molar-refractivity contribution in [2.45, 2.75) is 0 Å². The van der Waals surface area contributed by atoms with Crippen molar-refractivity contribution >= 4 is 5.97 Å². The lowest BCUT2D eigenvalue weighted by Crippen LogP contribution is -2.04. The van der Waals surface area contributed by atoms with E-state index in [4.69, 9.17) is 10.2 Å². The van der Waals surface area contributed by atoms with E-state index >= 15 is 0 Å². The van der Waals surface area contributed by atoms with E-state index in [0.717, 1.165) is 10.7 Å². The van der Waals surface area contributed by atoms with E-state index in [-0.39, 0.29) is 22.7 Å². The number of aryl methyl sites for hydroxylation is 1. The first-order valence-electron chi connectivity index (χ1n) is 4.75. The van der Waals surface area contributed by atoms with Crippen molar-refractivity contribution in [2.75, 3.05) is 0 Å². The number of aromatic nitrogens is 2. The molecular weight excluding hydrogens is 227 g/mol. The normalized spacial score (nSPS) is 10.5. The number of aromatic carboxylic acids is 1. The van der Waals surface area contributed by atoms with E-state index in [2.05, 4.69) is 5.10 Å². The zero-order valence-corrected chi connectivity index (χ0v) is 8.88. The Morgan fingerprint density at radius 1 is 1.41 bits per heavy atom. The summed E-state index contributed by atoms with van der Waals surface area (Å²) in [5, 5.41) is 21.8. The van der Waals surface area contributed by atoms with Gasteiger partial charge in [0, 0.05) is 18.7 Å². The van der Waals surface area contributed by atoms with Crippen LogP contribution >= 0.6 is 0 Å². The highest BCUT2D eigenvalue weighted by Crippen LogP contribution is 2.25. The van der Waals surface area contributed by atoms with Crippen molar-refractivity contribution in [1.82, 2.24) is 9.78 Å². The predicted octanol–water partition coefficient (Wildman–Crippen LogP) is 1.63. The first-order chi connectivity index (χ1) is 7.99. The van der Waals surface area contributed by atoms with Gasteiger partial charge in [-0.15, -0.1) is 0 Å². The van der Waals surface area contributed by atoms with Crippen LogP contribution in [0.5, 0.6) is 5.75 Å². The summed E-state index contributed by atoms with van der Waals surface area (Å²) in [7, 11) is 1.46. The standard InChI is InChI=1S/C11H9FN2O3/c1-14-10(11(16)17)5-9(13-14)7-3-2-6(15)4-8(7)12/h2-5,15H,1H3,(H,16,17). The van der Waals surface area contributed by atoms with Crippen LogP contribution in [0.1, 0.15) is 10.5 Å². The second kappa shape index (κ2) is 3.89. The van der Waals surface area contributed by atoms with Crippen molar-refractivity contribution < 1.29 is 19.4 Å². The fourth-order valence-corrected chi connectivity index (χ4v) is 1.51. The van der Waals surface area contributed by atoms with Crippen LogP contribution in [-0.2, 0) is 7.05 Å². The Morgan fingerprint density at radius 3 is 2.65 bits per heavy atom. The molecule has 6 heteroatoms. The first-order valence-corrected chi connectivity index (χ1v) is 4.75. The summed E-state index contributed by atoms with van der Waals surface area (Å²) in [6, 6.07) is 4.88. The number of halogens is 1. The van der Waals surface area contributed by atoms with E-state index < -0.39 is 11.8 Å². The molecular formula is C11H9FN2O3. The third-order valence-electron chi connectivity index (χ3n) is 2.33. The molecule has 0 bridgehead atoms. The maximum Gasteiger partial charge on any atom is 0.354 e. The van der Waals surface area contributed by atoms with Crippen molar-refractivity contribution in [3.63, 3.8) is 0 Å². The molecule has 17 heavy (non-hydrogen) atoms. The number of nitrogens with zero attached hydrogens (tertiary/aromatic N) is 2. The van der Waals surface area contributed by atoms with Gasteiger partial charge >= 0.3 is 5.97 Å². The molecule has 0 aliphatic rings. The van der Waals surface area contributed by atoms with Crippen LogP contribution in [0.3, 0.4) is 0 Å². The topological polar surface area (TPSA) is 75.3 Å². The molecule has 0 saturated heterocycles. The average molecular weight is 236 g/mol. The lowest BCUT2D eigenvalue weighted by molar-refractivity contribution is 0.0685. The molecule has 2 rings (SSSR count). The highest BCUT2D eigenvalue weighted by Gasteiger charge is 2.15. The number of hydrogen-bond donors (Lipinski definition) is 2. The minimum atomic E-state index is -1.13. The first kappa shape index (κ1) is 11.1. The van der Waals surface area contributed by atoms with Gasteiger partial charge in [0.1, 0.15) is 17.3 Å². The smallest absolute Gasteiger partial charge is 0.354 e. The highest BCUT2D eigenvalue weighted by molar-refractivity contribution is 5.87. The third-order valence-corrected chi connectivity index (χ3v) is 2.33. The van der Waals surface area contributed by atoms with Crippen molar-refractivity contribution in [3.8, 4) is 17.0 Å². The highest BCUT2D eigenvalue weighted by atomic mass is 19.1. The molecule has 5 nitrogen and oxygen atoms in total. The van der Waals surface area contributed by atoms with Crippen LogP contribution in [0.4, 0.5) is 4.39 Å². The molecule has 0 aliphatic heterocycles. The summed E-state index contributed by atoms with van der Waals surface area (Å²) in [4.78, 5) is 10.8. The number of rotatable bonds is 2. The number of phenolic OH excluding ortho intramolecular Hbond substituents is 1. The van der Waals surface area contributed by atoms with E-state index in [0.29, 0.717) is 0 Å². The zero-order valence-electron chi connectivity index (χ0n) is 8.88. The number of carbonyl (C=O) groups is 1. The van der Waals surface area contributed by atoms with Crippen molar-refractivity contribution in [1.29, 1.82) is 0 Å². The lowest BCUT2D eigenvalue weighted by Gasteiger charge is -1.99. The summed E-state index contributed by atoms with van der Waals surface area (Å²) in [6.45, 7) is 0. The Bertz CT molecular complexity index is 592. The minimum Gasteiger partial charge on any atom is -0.508 e. The van der Waals surface area contributed by atoms with Gasteiger partial charge in [-0.3, -0.25) is 4.68 Å². The quantitative estimate of drug-likeness (QED) is 0.830. The monoisotopic (exact) mass is 236 g/mol. The van der Waals surface area contributed by atoms with E-state index in [1.807, 2.05) is 0 Å². The second-order valence-corrected chi connectivity index (χ2v) is 3.51. The molecule has 0 unspecified atom stereocenters. The largest absolute Gasteiger partial charge is 0.508 e. The zero-order chi connectivity index (χ0) is 12.6. The summed E-state index contributed by atoms with van der Waals surface area (Å²) in [5.41, 5.74) is 0.320. The molecule has 1 aromatic carbocycles. The minimum absolute atomic E-state index is 0.0347. The van der Waals surface area contributed by atoms with E-state index in [1.165, 1.54) is 25.2 Å². The van der Waals surface area contributed by atoms with Crippen molar-refractivity contribution in [2.24, 2.45) is 7.05 Å². The van der Waals surface area contributed by atoms with Gasteiger partial charge in [0.25, 0.3) is 0 Å². The Labute approximate surface area is 95.7 Å². The van der Waals surface area contributed by atoms with Gasteiger partial charge in [0.2, 0.25) is 0 Å². The van der Waals surface area contributed by atoms with Crippen LogP contribution in [0.15, 0.2) is 24.3 Å². The predicted molar refractivity (Wildman–Crippen MR) is 57.2 cm³/mol. The van der Waals surface area contributed by atoms with Crippen LogP contribution in [-0.4, -0.2) is 26.0 Å². The maximum absolute atomic E-state index is 13.5. The molecule has 0 saturated carbocycles. The molecule has 1 aromatic heterocycles. The Kier molecular flexibility index (Phi) is 2.55. The number of carboxylic acid groups (broad SMARTS) is 1. The summed E-state index contributed by atoms with van der Waals surface area (Å²) >= 11 is 0. The molecule has 0 atom stereocenters. The fraction of sp³-hybridized carbons (Fsp3) is 0.0909. The Balaban J connectivity index is 2.53. The van der Waals surface area contributed by atoms with Gasteiger partial charge in [-0.1, -0.05) is 0 Å². The molecule has 0 radical (unpaired) electrons. The number of carboxylic acids is 1. The van der Waals surface area contributed by atoms with Gasteiger partial charge in [0.15, 0.2) is 0 Å². The van der Waals surface area contributed by atoms with Crippen molar-refractivity contribution in [3.05, 3.63) is 35.8 Å². The van der Waals surface area contributed by atoms with Gasteiger partial charge < -0.3 is 10.2 Å².